The summed E-state index contributed by atoms with van der Waals surface area (Å²) in [5.41, 5.74) is 0.728. The third-order valence-electron chi connectivity index (χ3n) is 4.17. The zero-order valence-electron chi connectivity index (χ0n) is 15.2. The smallest absolute Gasteiger partial charge is 0.235 e. The topological polar surface area (TPSA) is 88.1 Å². The van der Waals surface area contributed by atoms with Crippen LogP contribution in [0.15, 0.2) is 35.2 Å². The maximum Gasteiger partial charge on any atom is 0.235 e. The van der Waals surface area contributed by atoms with Crippen LogP contribution in [0.3, 0.4) is 0 Å². The van der Waals surface area contributed by atoms with Gasteiger partial charge in [0, 0.05) is 23.4 Å². The molecule has 7 nitrogen and oxygen atoms in total. The second-order valence-corrected chi connectivity index (χ2v) is 7.40. The van der Waals surface area contributed by atoms with E-state index < -0.39 is 6.29 Å². The number of hydrogen-bond acceptors (Lipinski definition) is 5. The van der Waals surface area contributed by atoms with Crippen LogP contribution in [0.1, 0.15) is 31.7 Å². The molecule has 2 amide bonds. The first-order valence-electron chi connectivity index (χ1n) is 8.74. The van der Waals surface area contributed by atoms with Crippen molar-refractivity contribution in [1.29, 1.82) is 0 Å². The van der Waals surface area contributed by atoms with Gasteiger partial charge in [-0.25, -0.2) is 9.07 Å². The van der Waals surface area contributed by atoms with Crippen LogP contribution in [0, 0.1) is 12.7 Å². The van der Waals surface area contributed by atoms with E-state index in [0.29, 0.717) is 12.2 Å². The van der Waals surface area contributed by atoms with Crippen molar-refractivity contribution in [2.45, 2.75) is 43.9 Å². The maximum atomic E-state index is 12.9. The van der Waals surface area contributed by atoms with Gasteiger partial charge < -0.3 is 10.6 Å². The van der Waals surface area contributed by atoms with Crippen molar-refractivity contribution in [3.05, 3.63) is 41.8 Å². The Balaban J connectivity index is 1.65. The van der Waals surface area contributed by atoms with Crippen LogP contribution >= 0.6 is 11.8 Å². The molecule has 0 aliphatic carbocycles. The van der Waals surface area contributed by atoms with Gasteiger partial charge in [-0.05, 0) is 37.6 Å². The van der Waals surface area contributed by atoms with Gasteiger partial charge in [-0.15, -0.1) is 11.8 Å². The number of aromatic nitrogens is 2. The van der Waals surface area contributed by atoms with E-state index in [1.54, 1.807) is 22.9 Å². The van der Waals surface area contributed by atoms with Gasteiger partial charge in [-0.2, -0.15) is 5.10 Å². The van der Waals surface area contributed by atoms with Crippen molar-refractivity contribution in [1.82, 2.24) is 20.4 Å². The molecule has 1 aliphatic rings. The number of hydrogen-bond donors (Lipinski definition) is 3. The van der Waals surface area contributed by atoms with Crippen LogP contribution in [-0.2, 0) is 9.59 Å². The Labute approximate surface area is 161 Å². The molecule has 1 saturated heterocycles. The van der Waals surface area contributed by atoms with Gasteiger partial charge in [0.1, 0.15) is 11.6 Å². The van der Waals surface area contributed by atoms with Crippen molar-refractivity contribution in [3.8, 4) is 0 Å². The Kier molecular flexibility index (Phi) is 6.12. The summed E-state index contributed by atoms with van der Waals surface area (Å²) in [6.07, 6.45) is 0.730. The van der Waals surface area contributed by atoms with E-state index in [-0.39, 0.29) is 29.4 Å². The minimum Gasteiger partial charge on any atom is -0.322 e. The number of nitrogens with zero attached hydrogens (tertiary/aromatic N) is 2. The van der Waals surface area contributed by atoms with Gasteiger partial charge >= 0.3 is 0 Å². The van der Waals surface area contributed by atoms with Gasteiger partial charge in [0.25, 0.3) is 0 Å². The highest BCUT2D eigenvalue weighted by Gasteiger charge is 2.28. The molecule has 1 fully saturated rings. The van der Waals surface area contributed by atoms with E-state index in [2.05, 4.69) is 21.0 Å². The van der Waals surface area contributed by atoms with Gasteiger partial charge in [0.05, 0.1) is 11.4 Å². The van der Waals surface area contributed by atoms with Gasteiger partial charge in [-0.1, -0.05) is 6.92 Å². The minimum absolute atomic E-state index is 0.0529. The molecule has 2 unspecified atom stereocenters. The normalized spacial score (nSPS) is 19.6. The van der Waals surface area contributed by atoms with E-state index in [0.717, 1.165) is 17.0 Å². The summed E-state index contributed by atoms with van der Waals surface area (Å²) in [5.74, 6) is 0.114. The average molecular weight is 391 g/mol. The number of nitrogens with one attached hydrogen (secondary N) is 3. The predicted octanol–water partition coefficient (Wildman–Crippen LogP) is 2.41. The SMILES string of the molecule is CCC1CC(=O)NC(n2nc(C)cc2NC(=O)CSc2ccc(F)cc2)N1. The minimum atomic E-state index is -0.509. The Bertz CT molecular complexity index is 824. The third-order valence-corrected chi connectivity index (χ3v) is 5.18. The Morgan fingerprint density at radius 2 is 2.15 bits per heavy atom. The van der Waals surface area contributed by atoms with Gasteiger partial charge in [-0.3, -0.25) is 14.9 Å². The number of rotatable bonds is 6. The van der Waals surface area contributed by atoms with Crippen molar-refractivity contribution < 1.29 is 14.0 Å². The Hall–Kier alpha value is -2.39. The molecule has 144 valence electrons. The maximum absolute atomic E-state index is 12.9. The predicted molar refractivity (Wildman–Crippen MR) is 102 cm³/mol. The van der Waals surface area contributed by atoms with E-state index in [1.165, 1.54) is 23.9 Å². The largest absolute Gasteiger partial charge is 0.322 e. The standard InChI is InChI=1S/C18H22FN5O2S/c1-3-13-9-16(25)22-18(20-13)24-15(8-11(2)23-24)21-17(26)10-27-14-6-4-12(19)5-7-14/h4-8,13,18,20H,3,9-10H2,1-2H3,(H,21,26)(H,22,25). The summed E-state index contributed by atoms with van der Waals surface area (Å²) in [5, 5.41) is 13.4. The molecule has 0 bridgehead atoms. The van der Waals surface area contributed by atoms with E-state index in [1.807, 2.05) is 13.8 Å². The number of halogens is 1. The van der Waals surface area contributed by atoms with Crippen molar-refractivity contribution in [3.63, 3.8) is 0 Å². The average Bonchev–Trinajstić information content (AvgIpc) is 3.01. The third kappa shape index (κ3) is 5.08. The summed E-state index contributed by atoms with van der Waals surface area (Å²) < 4.78 is 14.5. The number of carbonyl (C=O) groups excluding carboxylic acids is 2. The number of benzene rings is 1. The second kappa shape index (κ2) is 8.53. The number of anilines is 1. The molecule has 1 aromatic heterocycles. The lowest BCUT2D eigenvalue weighted by molar-refractivity contribution is -0.125. The van der Waals surface area contributed by atoms with E-state index >= 15 is 0 Å². The molecule has 27 heavy (non-hydrogen) atoms. The Morgan fingerprint density at radius 3 is 2.85 bits per heavy atom. The first-order valence-corrected chi connectivity index (χ1v) is 9.73. The molecule has 1 aliphatic heterocycles. The van der Waals surface area contributed by atoms with Crippen LogP contribution in [0.25, 0.3) is 0 Å². The van der Waals surface area contributed by atoms with Gasteiger partial charge in [0.2, 0.25) is 11.8 Å². The van der Waals surface area contributed by atoms with E-state index in [4.69, 9.17) is 0 Å². The molecule has 0 spiro atoms. The first-order chi connectivity index (χ1) is 12.9. The van der Waals surface area contributed by atoms with Crippen molar-refractivity contribution in [2.24, 2.45) is 0 Å². The summed E-state index contributed by atoms with van der Waals surface area (Å²) >= 11 is 1.32. The van der Waals surface area contributed by atoms with E-state index in [9.17, 15) is 14.0 Å². The van der Waals surface area contributed by atoms with Gasteiger partial charge in [0.15, 0.2) is 6.29 Å². The number of amides is 2. The van der Waals surface area contributed by atoms with Crippen LogP contribution in [0.2, 0.25) is 0 Å². The van der Waals surface area contributed by atoms with Crippen molar-refractivity contribution in [2.75, 3.05) is 11.1 Å². The lowest BCUT2D eigenvalue weighted by atomic mass is 10.1. The lowest BCUT2D eigenvalue weighted by Crippen LogP contribution is -2.53. The molecule has 9 heteroatoms. The fourth-order valence-electron chi connectivity index (χ4n) is 2.82. The molecule has 3 rings (SSSR count). The molecule has 0 radical (unpaired) electrons. The number of aryl methyl sites for hydroxylation is 1. The molecular weight excluding hydrogens is 369 g/mol. The van der Waals surface area contributed by atoms with Crippen LogP contribution < -0.4 is 16.0 Å². The fourth-order valence-corrected chi connectivity index (χ4v) is 3.52. The van der Waals surface area contributed by atoms with Crippen molar-refractivity contribution >= 4 is 29.4 Å². The van der Waals surface area contributed by atoms with Crippen LogP contribution in [0.4, 0.5) is 10.2 Å². The summed E-state index contributed by atoms with van der Waals surface area (Å²) in [6.45, 7) is 3.83. The fraction of sp³-hybridized carbons (Fsp3) is 0.389. The molecule has 0 saturated carbocycles. The highest BCUT2D eigenvalue weighted by Crippen LogP contribution is 2.21. The number of carbonyl (C=O) groups is 2. The lowest BCUT2D eigenvalue weighted by Gasteiger charge is -2.31. The molecule has 2 heterocycles. The van der Waals surface area contributed by atoms with Crippen LogP contribution in [0.5, 0.6) is 0 Å². The second-order valence-electron chi connectivity index (χ2n) is 6.35. The highest BCUT2D eigenvalue weighted by molar-refractivity contribution is 8.00. The molecule has 2 aromatic rings. The molecule has 1 aromatic carbocycles. The summed E-state index contributed by atoms with van der Waals surface area (Å²) in [4.78, 5) is 25.1. The first kappa shape index (κ1) is 19.4. The molecular formula is C18H22FN5O2S. The summed E-state index contributed by atoms with van der Waals surface area (Å²) in [6, 6.07) is 7.80. The molecule has 2 atom stereocenters. The zero-order chi connectivity index (χ0) is 19.4. The number of thioether (sulfide) groups is 1. The monoisotopic (exact) mass is 391 g/mol. The molecule has 3 N–H and O–H groups in total. The summed E-state index contributed by atoms with van der Waals surface area (Å²) in [7, 11) is 0. The highest BCUT2D eigenvalue weighted by atomic mass is 32.2. The quantitative estimate of drug-likeness (QED) is 0.658. The zero-order valence-corrected chi connectivity index (χ0v) is 16.0. The van der Waals surface area contributed by atoms with Crippen LogP contribution in [-0.4, -0.2) is 33.4 Å². The Morgan fingerprint density at radius 1 is 1.41 bits per heavy atom.